The van der Waals surface area contributed by atoms with E-state index in [1.807, 2.05) is 0 Å². The molecule has 2 N–H and O–H groups in total. The molecule has 1 saturated carbocycles. The van der Waals surface area contributed by atoms with Gasteiger partial charge >= 0.3 is 0 Å². The Morgan fingerprint density at radius 1 is 1.17 bits per heavy atom. The molecule has 0 aromatic heterocycles. The predicted molar refractivity (Wildman–Crippen MR) is 77.6 cm³/mol. The van der Waals surface area contributed by atoms with Crippen LogP contribution in [0.25, 0.3) is 0 Å². The lowest BCUT2D eigenvalue weighted by atomic mass is 9.79. The summed E-state index contributed by atoms with van der Waals surface area (Å²) in [4.78, 5) is 5.04. The van der Waals surface area contributed by atoms with Gasteiger partial charge in [0.25, 0.3) is 0 Å². The zero-order chi connectivity index (χ0) is 13.1. The maximum absolute atomic E-state index is 6.31. The molecule has 2 rings (SSSR count). The maximum Gasteiger partial charge on any atom is 0.0117 e. The van der Waals surface area contributed by atoms with E-state index in [2.05, 4.69) is 30.8 Å². The van der Waals surface area contributed by atoms with Crippen LogP contribution in [0, 0.1) is 11.8 Å². The molecule has 3 unspecified atom stereocenters. The highest BCUT2D eigenvalue weighted by molar-refractivity contribution is 4.85. The summed E-state index contributed by atoms with van der Waals surface area (Å²) < 4.78 is 0. The molecule has 1 aliphatic carbocycles. The van der Waals surface area contributed by atoms with Crippen LogP contribution in [0.3, 0.4) is 0 Å². The quantitative estimate of drug-likeness (QED) is 0.832. The summed E-state index contributed by atoms with van der Waals surface area (Å²) >= 11 is 0. The first-order valence-electron chi connectivity index (χ1n) is 7.70. The van der Waals surface area contributed by atoms with Gasteiger partial charge in [-0.05, 0) is 71.1 Å². The molecule has 18 heavy (non-hydrogen) atoms. The number of hydrogen-bond acceptors (Lipinski definition) is 3. The highest BCUT2D eigenvalue weighted by Gasteiger charge is 2.29. The van der Waals surface area contributed by atoms with E-state index in [4.69, 9.17) is 5.73 Å². The van der Waals surface area contributed by atoms with E-state index in [9.17, 15) is 0 Å². The van der Waals surface area contributed by atoms with Gasteiger partial charge in [0.1, 0.15) is 0 Å². The van der Waals surface area contributed by atoms with E-state index in [0.717, 1.165) is 17.9 Å². The molecule has 0 aromatic rings. The van der Waals surface area contributed by atoms with Crippen LogP contribution in [0.2, 0.25) is 0 Å². The van der Waals surface area contributed by atoms with Crippen molar-refractivity contribution in [2.45, 2.75) is 51.1 Å². The summed E-state index contributed by atoms with van der Waals surface area (Å²) in [6.07, 6.45) is 6.54. The second-order valence-electron chi connectivity index (χ2n) is 6.82. The van der Waals surface area contributed by atoms with Crippen LogP contribution < -0.4 is 5.73 Å². The van der Waals surface area contributed by atoms with E-state index >= 15 is 0 Å². The number of rotatable bonds is 3. The van der Waals surface area contributed by atoms with Crippen molar-refractivity contribution in [1.29, 1.82) is 0 Å². The molecular formula is C15H31N3. The summed E-state index contributed by atoms with van der Waals surface area (Å²) in [5.74, 6) is 1.60. The van der Waals surface area contributed by atoms with Crippen LogP contribution in [0.5, 0.6) is 0 Å². The summed E-state index contributed by atoms with van der Waals surface area (Å²) in [7, 11) is 4.54. The highest BCUT2D eigenvalue weighted by atomic mass is 15.2. The van der Waals surface area contributed by atoms with Crippen LogP contribution in [0.15, 0.2) is 0 Å². The third-order valence-electron chi connectivity index (χ3n) is 5.14. The van der Waals surface area contributed by atoms with Crippen molar-refractivity contribution < 1.29 is 0 Å². The van der Waals surface area contributed by atoms with Gasteiger partial charge < -0.3 is 15.5 Å². The molecule has 3 heteroatoms. The van der Waals surface area contributed by atoms with Crippen molar-refractivity contribution in [3.63, 3.8) is 0 Å². The minimum atomic E-state index is 0.440. The molecule has 2 aliphatic rings. The van der Waals surface area contributed by atoms with Gasteiger partial charge in [0.2, 0.25) is 0 Å². The smallest absolute Gasteiger partial charge is 0.0117 e. The second kappa shape index (κ2) is 6.36. The molecule has 0 aromatic carbocycles. The molecule has 1 aliphatic heterocycles. The molecule has 106 valence electrons. The largest absolute Gasteiger partial charge is 0.327 e. The van der Waals surface area contributed by atoms with E-state index in [1.165, 1.54) is 51.7 Å². The van der Waals surface area contributed by atoms with Crippen molar-refractivity contribution in [1.82, 2.24) is 9.80 Å². The first-order valence-corrected chi connectivity index (χ1v) is 7.70. The number of piperidine rings is 1. The van der Waals surface area contributed by atoms with Gasteiger partial charge in [-0.1, -0.05) is 6.92 Å². The monoisotopic (exact) mass is 253 g/mol. The summed E-state index contributed by atoms with van der Waals surface area (Å²) in [6.45, 7) is 6.10. The van der Waals surface area contributed by atoms with Crippen LogP contribution in [-0.2, 0) is 0 Å². The molecule has 1 saturated heterocycles. The first-order chi connectivity index (χ1) is 8.56. The van der Waals surface area contributed by atoms with Crippen molar-refractivity contribution in [3.8, 4) is 0 Å². The molecule has 1 heterocycles. The third kappa shape index (κ3) is 3.69. The lowest BCUT2D eigenvalue weighted by Crippen LogP contribution is -2.47. The Labute approximate surface area is 113 Å². The van der Waals surface area contributed by atoms with E-state index < -0.39 is 0 Å². The van der Waals surface area contributed by atoms with Crippen LogP contribution >= 0.6 is 0 Å². The van der Waals surface area contributed by atoms with Gasteiger partial charge in [0.05, 0.1) is 0 Å². The summed E-state index contributed by atoms with van der Waals surface area (Å²) in [5, 5.41) is 0. The fourth-order valence-corrected chi connectivity index (χ4v) is 3.69. The zero-order valence-electron chi connectivity index (χ0n) is 12.4. The zero-order valence-corrected chi connectivity index (χ0v) is 12.4. The molecule has 0 spiro atoms. The van der Waals surface area contributed by atoms with E-state index in [1.54, 1.807) is 0 Å². The Morgan fingerprint density at radius 2 is 1.83 bits per heavy atom. The van der Waals surface area contributed by atoms with Crippen molar-refractivity contribution >= 4 is 0 Å². The first kappa shape index (κ1) is 14.3. The Kier molecular flexibility index (Phi) is 5.05. The van der Waals surface area contributed by atoms with Gasteiger partial charge in [-0.15, -0.1) is 0 Å². The summed E-state index contributed by atoms with van der Waals surface area (Å²) in [5.41, 5.74) is 6.31. The van der Waals surface area contributed by atoms with E-state index in [0.29, 0.717) is 6.04 Å². The van der Waals surface area contributed by atoms with Crippen molar-refractivity contribution in [3.05, 3.63) is 0 Å². The number of nitrogens with two attached hydrogens (primary N) is 1. The van der Waals surface area contributed by atoms with Crippen LogP contribution in [-0.4, -0.2) is 55.6 Å². The molecule has 3 nitrogen and oxygen atoms in total. The predicted octanol–water partition coefficient (Wildman–Crippen LogP) is 1.78. The standard InChI is InChI=1S/C15H31N3/c1-12-4-5-15(16)13(10-12)11-18(3)14-6-8-17(2)9-7-14/h12-15H,4-11,16H2,1-3H3. The number of nitrogens with zero attached hydrogens (tertiary/aromatic N) is 2. The average Bonchev–Trinajstić information content (AvgIpc) is 2.34. The fraction of sp³-hybridized carbons (Fsp3) is 1.00. The Balaban J connectivity index is 1.80. The molecular weight excluding hydrogens is 222 g/mol. The minimum absolute atomic E-state index is 0.440. The maximum atomic E-state index is 6.31. The van der Waals surface area contributed by atoms with Gasteiger partial charge in [-0.25, -0.2) is 0 Å². The molecule has 0 amide bonds. The Morgan fingerprint density at radius 3 is 2.50 bits per heavy atom. The number of hydrogen-bond donors (Lipinski definition) is 1. The fourth-order valence-electron chi connectivity index (χ4n) is 3.69. The normalized spacial score (nSPS) is 36.2. The summed E-state index contributed by atoms with van der Waals surface area (Å²) in [6, 6.07) is 1.22. The SMILES string of the molecule is CC1CCC(N)C(CN(C)C2CCN(C)CC2)C1. The lowest BCUT2D eigenvalue weighted by molar-refractivity contribution is 0.106. The Bertz CT molecular complexity index is 248. The molecule has 0 radical (unpaired) electrons. The molecule has 2 fully saturated rings. The minimum Gasteiger partial charge on any atom is -0.327 e. The average molecular weight is 253 g/mol. The van der Waals surface area contributed by atoms with Crippen LogP contribution in [0.1, 0.15) is 39.0 Å². The highest BCUT2D eigenvalue weighted by Crippen LogP contribution is 2.29. The third-order valence-corrected chi connectivity index (χ3v) is 5.14. The van der Waals surface area contributed by atoms with Crippen LogP contribution in [0.4, 0.5) is 0 Å². The Hall–Kier alpha value is -0.120. The van der Waals surface area contributed by atoms with Gasteiger partial charge in [-0.3, -0.25) is 0 Å². The lowest BCUT2D eigenvalue weighted by Gasteiger charge is -2.40. The van der Waals surface area contributed by atoms with Crippen molar-refractivity contribution in [2.24, 2.45) is 17.6 Å². The molecule has 0 bridgehead atoms. The van der Waals surface area contributed by atoms with Gasteiger partial charge in [0, 0.05) is 18.6 Å². The van der Waals surface area contributed by atoms with E-state index in [-0.39, 0.29) is 0 Å². The van der Waals surface area contributed by atoms with Gasteiger partial charge in [-0.2, -0.15) is 0 Å². The number of likely N-dealkylation sites (tertiary alicyclic amines) is 1. The second-order valence-corrected chi connectivity index (χ2v) is 6.82. The topological polar surface area (TPSA) is 32.5 Å². The van der Waals surface area contributed by atoms with Gasteiger partial charge in [0.15, 0.2) is 0 Å². The molecule has 3 atom stereocenters. The van der Waals surface area contributed by atoms with Crippen molar-refractivity contribution in [2.75, 3.05) is 33.7 Å².